The van der Waals surface area contributed by atoms with Crippen molar-refractivity contribution in [2.24, 2.45) is 0 Å². The molecule has 0 heterocycles. The highest BCUT2D eigenvalue weighted by Crippen LogP contribution is 2.24. The molecule has 6 aromatic carbocycles. The maximum Gasteiger partial charge on any atom is 0.159 e. The SMILES string of the molecule is CC(=O)c1ccccc1.CC(C)=O.COc1ccc(-c2ccc(OC)cc2)cc1.COc1ccc(C(C)=O)cc1.COc1ccc2cc(C(C)=O)ccc2c1. The van der Waals surface area contributed by atoms with E-state index < -0.39 is 0 Å². The number of hydrogen-bond donors (Lipinski definition) is 0. The largest absolute Gasteiger partial charge is 0.497 e. The number of Topliss-reactive ketones (excluding diaryl/α,β-unsaturated/α-hetero) is 4. The molecule has 0 saturated heterocycles. The van der Waals surface area contributed by atoms with Crippen molar-refractivity contribution >= 4 is 33.9 Å². The van der Waals surface area contributed by atoms with Crippen LogP contribution < -0.4 is 18.9 Å². The van der Waals surface area contributed by atoms with E-state index in [1.807, 2.05) is 115 Å². The predicted molar refractivity (Wildman–Crippen MR) is 221 cm³/mol. The molecule has 6 rings (SSSR count). The van der Waals surface area contributed by atoms with Gasteiger partial charge in [0.25, 0.3) is 0 Å². The van der Waals surface area contributed by atoms with Crippen LogP contribution in [0, 0.1) is 0 Å². The second-order valence-electron chi connectivity index (χ2n) is 12.1. The Morgan fingerprint density at radius 3 is 1.02 bits per heavy atom. The minimum Gasteiger partial charge on any atom is -0.497 e. The smallest absolute Gasteiger partial charge is 0.159 e. The van der Waals surface area contributed by atoms with Gasteiger partial charge >= 0.3 is 0 Å². The third kappa shape index (κ3) is 16.3. The normalized spacial score (nSPS) is 9.47. The fourth-order valence-electron chi connectivity index (χ4n) is 4.64. The lowest BCUT2D eigenvalue weighted by atomic mass is 10.0. The highest BCUT2D eigenvalue weighted by Gasteiger charge is 2.02. The Balaban J connectivity index is 0.000000250. The zero-order valence-corrected chi connectivity index (χ0v) is 33.0. The fraction of sp³-hybridized carbons (Fsp3) is 0.191. The molecule has 0 saturated carbocycles. The van der Waals surface area contributed by atoms with E-state index in [4.69, 9.17) is 18.9 Å². The van der Waals surface area contributed by atoms with Crippen molar-refractivity contribution in [2.75, 3.05) is 28.4 Å². The van der Waals surface area contributed by atoms with Gasteiger partial charge in [0.05, 0.1) is 28.4 Å². The zero-order valence-electron chi connectivity index (χ0n) is 33.0. The van der Waals surface area contributed by atoms with E-state index in [0.717, 1.165) is 44.9 Å². The lowest BCUT2D eigenvalue weighted by Crippen LogP contribution is -1.91. The van der Waals surface area contributed by atoms with Crippen LogP contribution in [-0.4, -0.2) is 51.6 Å². The van der Waals surface area contributed by atoms with E-state index in [1.54, 1.807) is 73.5 Å². The minimum atomic E-state index is 0.0765. The highest BCUT2D eigenvalue weighted by atomic mass is 16.5. The summed E-state index contributed by atoms with van der Waals surface area (Å²) in [4.78, 5) is 42.1. The molecular weight excluding hydrogens is 693 g/mol. The fourth-order valence-corrected chi connectivity index (χ4v) is 4.64. The number of rotatable bonds is 8. The number of carbonyl (C=O) groups is 4. The Hall–Kier alpha value is -6.54. The van der Waals surface area contributed by atoms with Gasteiger partial charge in [-0.05, 0) is 123 Å². The van der Waals surface area contributed by atoms with Crippen molar-refractivity contribution in [2.45, 2.75) is 34.6 Å². The van der Waals surface area contributed by atoms with Gasteiger partial charge in [-0.1, -0.05) is 72.8 Å². The maximum absolute atomic E-state index is 11.2. The first-order valence-electron chi connectivity index (χ1n) is 17.4. The maximum atomic E-state index is 11.2. The van der Waals surface area contributed by atoms with Gasteiger partial charge < -0.3 is 23.7 Å². The van der Waals surface area contributed by atoms with Crippen LogP contribution in [0.4, 0.5) is 0 Å². The zero-order chi connectivity index (χ0) is 40.8. The number of ether oxygens (including phenoxy) is 4. The molecule has 0 fully saturated rings. The predicted octanol–water partition coefficient (Wildman–Crippen LogP) is 10.8. The first-order chi connectivity index (χ1) is 26.3. The van der Waals surface area contributed by atoms with Crippen LogP contribution in [0.1, 0.15) is 65.7 Å². The van der Waals surface area contributed by atoms with Crippen molar-refractivity contribution in [3.63, 3.8) is 0 Å². The van der Waals surface area contributed by atoms with Gasteiger partial charge in [-0.15, -0.1) is 0 Å². The van der Waals surface area contributed by atoms with Crippen LogP contribution >= 0.6 is 0 Å². The van der Waals surface area contributed by atoms with Gasteiger partial charge in [0.15, 0.2) is 17.3 Å². The lowest BCUT2D eigenvalue weighted by Gasteiger charge is -2.05. The van der Waals surface area contributed by atoms with Gasteiger partial charge in [0, 0.05) is 16.7 Å². The van der Waals surface area contributed by atoms with Gasteiger partial charge in [-0.3, -0.25) is 14.4 Å². The molecule has 0 radical (unpaired) electrons. The van der Waals surface area contributed by atoms with E-state index in [-0.39, 0.29) is 23.1 Å². The molecule has 0 atom stereocenters. The van der Waals surface area contributed by atoms with Crippen molar-refractivity contribution in [1.82, 2.24) is 0 Å². The quantitative estimate of drug-likeness (QED) is 0.142. The van der Waals surface area contributed by atoms with Crippen molar-refractivity contribution in [3.05, 3.63) is 156 Å². The molecule has 8 nitrogen and oxygen atoms in total. The first-order valence-corrected chi connectivity index (χ1v) is 17.4. The average molecular weight is 743 g/mol. The third-order valence-corrected chi connectivity index (χ3v) is 7.64. The van der Waals surface area contributed by atoms with Crippen LogP contribution in [0.5, 0.6) is 23.0 Å². The Morgan fingerprint density at radius 2 is 0.655 bits per heavy atom. The van der Waals surface area contributed by atoms with Crippen LogP contribution in [0.25, 0.3) is 21.9 Å². The molecule has 0 bridgehead atoms. The Bertz CT molecular complexity index is 2040. The van der Waals surface area contributed by atoms with Crippen LogP contribution in [0.15, 0.2) is 140 Å². The molecule has 8 heteroatoms. The Morgan fingerprint density at radius 1 is 0.345 bits per heavy atom. The van der Waals surface area contributed by atoms with Crippen molar-refractivity contribution in [1.29, 1.82) is 0 Å². The molecular formula is C47H50O8. The minimum absolute atomic E-state index is 0.0765. The molecule has 55 heavy (non-hydrogen) atoms. The number of carbonyl (C=O) groups excluding carboxylic acids is 4. The molecule has 286 valence electrons. The Labute approximate surface area is 324 Å². The molecule has 0 spiro atoms. The number of fused-ring (bicyclic) bond motifs is 1. The summed E-state index contributed by atoms with van der Waals surface area (Å²) in [7, 11) is 6.58. The summed E-state index contributed by atoms with van der Waals surface area (Å²) in [5.41, 5.74) is 4.57. The number of ketones is 4. The topological polar surface area (TPSA) is 105 Å². The number of hydrogen-bond acceptors (Lipinski definition) is 8. The molecule has 0 aliphatic heterocycles. The third-order valence-electron chi connectivity index (χ3n) is 7.64. The first kappa shape index (κ1) is 44.6. The van der Waals surface area contributed by atoms with Crippen LogP contribution in [0.2, 0.25) is 0 Å². The second kappa shape index (κ2) is 23.9. The molecule has 0 aromatic heterocycles. The van der Waals surface area contributed by atoms with E-state index >= 15 is 0 Å². The summed E-state index contributed by atoms with van der Waals surface area (Å²) in [6, 6.07) is 43.8. The molecule has 0 N–H and O–H groups in total. The molecule has 0 aliphatic rings. The van der Waals surface area contributed by atoms with Crippen molar-refractivity contribution in [3.8, 4) is 34.1 Å². The van der Waals surface area contributed by atoms with Crippen molar-refractivity contribution < 1.29 is 38.1 Å². The second-order valence-corrected chi connectivity index (χ2v) is 12.1. The lowest BCUT2D eigenvalue weighted by molar-refractivity contribution is -0.115. The average Bonchev–Trinajstić information content (AvgIpc) is 3.21. The number of benzene rings is 6. The van der Waals surface area contributed by atoms with Gasteiger partial charge in [-0.2, -0.15) is 0 Å². The van der Waals surface area contributed by atoms with Crippen LogP contribution in [0.3, 0.4) is 0 Å². The van der Waals surface area contributed by atoms with Gasteiger partial charge in [0.2, 0.25) is 0 Å². The molecule has 6 aromatic rings. The van der Waals surface area contributed by atoms with E-state index in [1.165, 1.54) is 25.0 Å². The van der Waals surface area contributed by atoms with E-state index in [9.17, 15) is 19.2 Å². The summed E-state index contributed by atoms with van der Waals surface area (Å²) in [6.07, 6.45) is 0. The number of methoxy groups -OCH3 is 4. The summed E-state index contributed by atoms with van der Waals surface area (Å²) < 4.78 is 20.3. The van der Waals surface area contributed by atoms with Crippen LogP contribution in [-0.2, 0) is 4.79 Å². The summed E-state index contributed by atoms with van der Waals surface area (Å²) in [6.45, 7) is 7.74. The van der Waals surface area contributed by atoms with Gasteiger partial charge in [0.1, 0.15) is 28.8 Å². The Kier molecular flexibility index (Phi) is 19.4. The molecule has 0 aliphatic carbocycles. The summed E-state index contributed by atoms with van der Waals surface area (Å²) >= 11 is 0. The standard InChI is InChI=1S/C14H14O2.C13H12O2.C9H10O2.C8H8O.C3H6O/c1-15-13-7-3-11(4-8-13)12-5-9-14(16-2)10-6-12;1-9(14)10-3-4-12-8-13(15-2)6-5-11(12)7-10;1-7(10)8-3-5-9(11-2)6-4-8;1-7(9)8-5-3-2-4-6-8;1-3(2)4/h3-10H,1-2H3;3-8H,1-2H3;3-6H,1-2H3;2-6H,1H3;1-2H3. The summed E-state index contributed by atoms with van der Waals surface area (Å²) in [5, 5.41) is 2.14. The van der Waals surface area contributed by atoms with E-state index in [0.29, 0.717) is 5.56 Å². The van der Waals surface area contributed by atoms with Gasteiger partial charge in [-0.25, -0.2) is 0 Å². The highest BCUT2D eigenvalue weighted by molar-refractivity contribution is 5.98. The molecule has 0 unspecified atom stereocenters. The van der Waals surface area contributed by atoms with E-state index in [2.05, 4.69) is 0 Å². The monoisotopic (exact) mass is 742 g/mol. The molecule has 0 amide bonds. The summed E-state index contributed by atoms with van der Waals surface area (Å²) in [5.74, 6) is 3.80.